The fourth-order valence-corrected chi connectivity index (χ4v) is 5.31. The fraction of sp³-hybridized carbons (Fsp3) is 0.478. The highest BCUT2D eigenvalue weighted by molar-refractivity contribution is 7.21. The first-order valence-corrected chi connectivity index (χ1v) is 11.0. The first kappa shape index (κ1) is 19.3. The molecular weight excluding hydrogens is 366 g/mol. The zero-order valence-corrected chi connectivity index (χ0v) is 18.6. The number of ether oxygens (including phenoxy) is 1. The van der Waals surface area contributed by atoms with Crippen LogP contribution in [0.1, 0.15) is 31.9 Å². The molecule has 3 aliphatic rings. The summed E-state index contributed by atoms with van der Waals surface area (Å²) in [6, 6.07) is 9.15. The zero-order chi connectivity index (χ0) is 20.0. The highest BCUT2D eigenvalue weighted by Crippen LogP contribution is 2.36. The van der Waals surface area contributed by atoms with E-state index < -0.39 is 0 Å². The Kier molecular flexibility index (Phi) is 5.15. The third-order valence-corrected chi connectivity index (χ3v) is 6.58. The van der Waals surface area contributed by atoms with Crippen LogP contribution in [0.15, 0.2) is 24.3 Å². The maximum atomic E-state index is 5.92. The van der Waals surface area contributed by atoms with Crippen LogP contribution in [-0.2, 0) is 11.2 Å². The van der Waals surface area contributed by atoms with Gasteiger partial charge in [0, 0.05) is 30.9 Å². The van der Waals surface area contributed by atoms with E-state index in [-0.39, 0.29) is 12.2 Å². The van der Waals surface area contributed by atoms with Crippen LogP contribution < -0.4 is 14.8 Å². The monoisotopic (exact) mass is 396 g/mol. The van der Waals surface area contributed by atoms with Crippen molar-refractivity contribution in [3.63, 3.8) is 0 Å². The molecule has 0 amide bonds. The van der Waals surface area contributed by atoms with Crippen molar-refractivity contribution in [1.82, 2.24) is 9.56 Å². The molecule has 0 aromatic heterocycles. The molecule has 1 aliphatic carbocycles. The van der Waals surface area contributed by atoms with Crippen molar-refractivity contribution in [3.05, 3.63) is 40.7 Å². The van der Waals surface area contributed by atoms with Gasteiger partial charge in [-0.3, -0.25) is 0 Å². The van der Waals surface area contributed by atoms with Crippen molar-refractivity contribution < 1.29 is 4.74 Å². The van der Waals surface area contributed by atoms with Gasteiger partial charge < -0.3 is 9.64 Å². The van der Waals surface area contributed by atoms with Gasteiger partial charge in [0.25, 0.3) is 0 Å². The van der Waals surface area contributed by atoms with E-state index >= 15 is 0 Å². The summed E-state index contributed by atoms with van der Waals surface area (Å²) < 4.78 is 9.35. The lowest BCUT2D eigenvalue weighted by molar-refractivity contribution is -0.00521. The van der Waals surface area contributed by atoms with E-state index in [1.165, 1.54) is 31.7 Å². The number of anilines is 1. The van der Waals surface area contributed by atoms with Gasteiger partial charge in [0.05, 0.1) is 33.0 Å². The predicted molar refractivity (Wildman–Crippen MR) is 120 cm³/mol. The van der Waals surface area contributed by atoms with E-state index in [1.54, 1.807) is 0 Å². The van der Waals surface area contributed by atoms with Gasteiger partial charge >= 0.3 is 0 Å². The minimum Gasteiger partial charge on any atom is -0.372 e. The number of rotatable bonds is 2. The SMILES string of the molecule is CCc1cc(=[N+](C)C)cc2sc3cc(N4CC(C)OC(C)C4)cc(C)c3nc1-2. The minimum atomic E-state index is 0.257. The second-order valence-corrected chi connectivity index (χ2v) is 9.27. The average Bonchev–Trinajstić information content (AvgIpc) is 2.64. The second-order valence-electron chi connectivity index (χ2n) is 8.19. The Morgan fingerprint density at radius 2 is 1.86 bits per heavy atom. The molecule has 0 saturated carbocycles. The van der Waals surface area contributed by atoms with Crippen LogP contribution in [0.4, 0.5) is 5.69 Å². The highest BCUT2D eigenvalue weighted by Gasteiger charge is 2.23. The zero-order valence-electron chi connectivity index (χ0n) is 17.7. The molecule has 1 fully saturated rings. The van der Waals surface area contributed by atoms with Gasteiger partial charge in [0.15, 0.2) is 0 Å². The van der Waals surface area contributed by atoms with Crippen molar-refractivity contribution in [1.29, 1.82) is 0 Å². The highest BCUT2D eigenvalue weighted by atomic mass is 32.1. The number of aromatic nitrogens is 1. The van der Waals surface area contributed by atoms with Crippen LogP contribution in [-0.4, -0.2) is 44.4 Å². The number of nitrogens with zero attached hydrogens (tertiary/aromatic N) is 3. The Balaban J connectivity index is 1.91. The second kappa shape index (κ2) is 7.45. The van der Waals surface area contributed by atoms with Crippen molar-refractivity contribution in [3.8, 4) is 10.6 Å². The minimum absolute atomic E-state index is 0.257. The maximum Gasteiger partial charge on any atom is 0.201 e. The van der Waals surface area contributed by atoms with Crippen molar-refractivity contribution in [2.45, 2.75) is 46.3 Å². The predicted octanol–water partition coefficient (Wildman–Crippen LogP) is 3.92. The summed E-state index contributed by atoms with van der Waals surface area (Å²) >= 11 is 1.86. The van der Waals surface area contributed by atoms with Crippen LogP contribution in [0.25, 0.3) is 20.8 Å². The molecule has 0 N–H and O–H groups in total. The van der Waals surface area contributed by atoms with E-state index in [4.69, 9.17) is 9.72 Å². The summed E-state index contributed by atoms with van der Waals surface area (Å²) in [5.41, 5.74) is 6.12. The number of aryl methyl sites for hydroxylation is 2. The largest absolute Gasteiger partial charge is 0.372 e. The van der Waals surface area contributed by atoms with E-state index in [1.807, 2.05) is 11.3 Å². The maximum absolute atomic E-state index is 5.92. The normalized spacial score (nSPS) is 20.1. The summed E-state index contributed by atoms with van der Waals surface area (Å²) in [6.07, 6.45) is 1.50. The van der Waals surface area contributed by atoms with E-state index in [0.29, 0.717) is 0 Å². The molecule has 4 nitrogen and oxygen atoms in total. The summed E-state index contributed by atoms with van der Waals surface area (Å²) in [7, 11) is 4.20. The smallest absolute Gasteiger partial charge is 0.201 e. The molecule has 0 bridgehead atoms. The molecule has 4 rings (SSSR count). The molecule has 1 aromatic rings. The van der Waals surface area contributed by atoms with Gasteiger partial charge in [-0.2, -0.15) is 0 Å². The number of morpholine rings is 1. The Morgan fingerprint density at radius 3 is 2.50 bits per heavy atom. The summed E-state index contributed by atoms with van der Waals surface area (Å²) in [6.45, 7) is 10.6. The van der Waals surface area contributed by atoms with E-state index in [2.05, 4.69) is 75.5 Å². The van der Waals surface area contributed by atoms with Crippen molar-refractivity contribution in [2.75, 3.05) is 32.1 Å². The van der Waals surface area contributed by atoms with Crippen molar-refractivity contribution in [2.24, 2.45) is 0 Å². The average molecular weight is 397 g/mol. The topological polar surface area (TPSA) is 28.4 Å². The Morgan fingerprint density at radius 1 is 1.14 bits per heavy atom. The molecule has 0 spiro atoms. The first-order chi connectivity index (χ1) is 13.4. The molecule has 2 heterocycles. The summed E-state index contributed by atoms with van der Waals surface area (Å²) in [4.78, 5) is 8.83. The Hall–Kier alpha value is -1.98. The summed E-state index contributed by atoms with van der Waals surface area (Å²) in [5, 5.41) is 1.24. The van der Waals surface area contributed by atoms with Gasteiger partial charge in [-0.15, -0.1) is 11.3 Å². The number of hydrogen-bond acceptors (Lipinski definition) is 4. The van der Waals surface area contributed by atoms with Gasteiger partial charge in [-0.25, -0.2) is 9.56 Å². The third kappa shape index (κ3) is 3.53. The lowest BCUT2D eigenvalue weighted by atomic mass is 10.1. The van der Waals surface area contributed by atoms with Crippen LogP contribution in [0.3, 0.4) is 0 Å². The number of hydrogen-bond donors (Lipinski definition) is 0. The number of fused-ring (bicyclic) bond motifs is 2. The molecule has 1 saturated heterocycles. The van der Waals surface area contributed by atoms with Crippen LogP contribution in [0, 0.1) is 6.92 Å². The quantitative estimate of drug-likeness (QED) is 0.486. The van der Waals surface area contributed by atoms with Crippen LogP contribution in [0.2, 0.25) is 0 Å². The molecule has 148 valence electrons. The number of benzene rings is 2. The third-order valence-electron chi connectivity index (χ3n) is 5.51. The fourth-order valence-electron chi connectivity index (χ4n) is 4.13. The van der Waals surface area contributed by atoms with Crippen molar-refractivity contribution >= 4 is 27.2 Å². The van der Waals surface area contributed by atoms with Crippen LogP contribution >= 0.6 is 11.3 Å². The lowest BCUT2D eigenvalue weighted by Crippen LogP contribution is -2.45. The Labute approximate surface area is 171 Å². The van der Waals surface area contributed by atoms with E-state index in [0.717, 1.165) is 30.7 Å². The Bertz CT molecular complexity index is 1060. The lowest BCUT2D eigenvalue weighted by Gasteiger charge is -2.37. The summed E-state index contributed by atoms with van der Waals surface area (Å²) in [5.74, 6) is 0. The van der Waals surface area contributed by atoms with Gasteiger partial charge in [-0.05, 0) is 50.5 Å². The molecule has 5 heteroatoms. The molecule has 2 aliphatic heterocycles. The molecular formula is C23H30N3OS+. The standard InChI is InChI=1S/C23H30N3OS/c1-7-17-9-18(25(5)6)10-21-23(17)24-22-14(2)8-19(11-20(22)28-21)26-12-15(3)27-16(4)13-26/h8-11,15-16H,7,12-13H2,1-6H3/q+1. The van der Waals surface area contributed by atoms with Crippen LogP contribution in [0.5, 0.6) is 0 Å². The first-order valence-electron chi connectivity index (χ1n) is 10.1. The molecule has 1 aromatic carbocycles. The molecule has 0 radical (unpaired) electrons. The van der Waals surface area contributed by atoms with Gasteiger partial charge in [0.1, 0.15) is 14.1 Å². The van der Waals surface area contributed by atoms with Gasteiger partial charge in [-0.1, -0.05) is 6.92 Å². The molecule has 28 heavy (non-hydrogen) atoms. The van der Waals surface area contributed by atoms with E-state index in [9.17, 15) is 0 Å². The molecule has 2 unspecified atom stereocenters. The molecule has 2 atom stereocenters. The van der Waals surface area contributed by atoms with Gasteiger partial charge in [0.2, 0.25) is 5.36 Å².